The minimum absolute atomic E-state index is 0.166. The van der Waals surface area contributed by atoms with Gasteiger partial charge in [-0.2, -0.15) is 10.4 Å². The minimum atomic E-state index is -1.26. The Kier molecular flexibility index (Phi) is 7.11. The fourth-order valence-electron chi connectivity index (χ4n) is 3.80. The summed E-state index contributed by atoms with van der Waals surface area (Å²) in [6.07, 6.45) is 13.8. The molecule has 0 amide bonds. The maximum absolute atomic E-state index is 9.55. The van der Waals surface area contributed by atoms with Crippen molar-refractivity contribution in [2.24, 2.45) is 5.92 Å². The number of aromatic nitrogens is 5. The number of nitrogens with zero attached hydrogens (tertiary/aromatic N) is 5. The quantitative estimate of drug-likeness (QED) is 0.511. The molecule has 10 nitrogen and oxygen atoms in total. The standard InChI is InChI=1S/C17H18N6.C4H4O4/c18-7-5-15(12-3-1-2-4-12)23-10-13(9-22-23)16-14-6-8-19-17(14)21-11-20-16;5-3(6)1-2-4(7)8/h6,8-12,15H,1-5H2,(H,19,20,21);1-2H,(H,5,6)(H,7,8)/b;2-1-/t15-;/m1./s1. The Morgan fingerprint density at radius 3 is 2.61 bits per heavy atom. The molecule has 10 heteroatoms. The number of nitrogens with one attached hydrogen (secondary N) is 1. The fraction of sp³-hybridized carbons (Fsp3) is 0.333. The lowest BCUT2D eigenvalue weighted by atomic mass is 9.96. The molecule has 1 saturated carbocycles. The number of fused-ring (bicyclic) bond motifs is 1. The summed E-state index contributed by atoms with van der Waals surface area (Å²) in [6, 6.07) is 4.47. The number of hydrogen-bond acceptors (Lipinski definition) is 6. The molecule has 1 atom stereocenters. The van der Waals surface area contributed by atoms with E-state index < -0.39 is 11.9 Å². The Labute approximate surface area is 177 Å². The predicted octanol–water partition coefficient (Wildman–Crippen LogP) is 3.18. The first kappa shape index (κ1) is 21.7. The van der Waals surface area contributed by atoms with Crippen LogP contribution in [0.4, 0.5) is 0 Å². The molecule has 3 N–H and O–H groups in total. The van der Waals surface area contributed by atoms with E-state index >= 15 is 0 Å². The molecule has 0 aromatic carbocycles. The lowest BCUT2D eigenvalue weighted by Crippen LogP contribution is -2.17. The van der Waals surface area contributed by atoms with Crippen LogP contribution >= 0.6 is 0 Å². The minimum Gasteiger partial charge on any atom is -0.478 e. The van der Waals surface area contributed by atoms with Gasteiger partial charge in [-0.1, -0.05) is 12.8 Å². The highest BCUT2D eigenvalue weighted by atomic mass is 16.4. The number of rotatable bonds is 6. The summed E-state index contributed by atoms with van der Waals surface area (Å²) in [5.74, 6) is -1.96. The van der Waals surface area contributed by atoms with Gasteiger partial charge in [-0.15, -0.1) is 0 Å². The largest absolute Gasteiger partial charge is 0.478 e. The van der Waals surface area contributed by atoms with Crippen LogP contribution in [0.3, 0.4) is 0 Å². The zero-order valence-corrected chi connectivity index (χ0v) is 16.7. The van der Waals surface area contributed by atoms with Crippen molar-refractivity contribution in [3.63, 3.8) is 0 Å². The first-order valence-corrected chi connectivity index (χ1v) is 9.83. The zero-order valence-electron chi connectivity index (χ0n) is 16.7. The summed E-state index contributed by atoms with van der Waals surface area (Å²) < 4.78 is 1.97. The van der Waals surface area contributed by atoms with Crippen molar-refractivity contribution >= 4 is 23.0 Å². The molecule has 0 bridgehead atoms. The van der Waals surface area contributed by atoms with Gasteiger partial charge in [-0.25, -0.2) is 19.6 Å². The summed E-state index contributed by atoms with van der Waals surface area (Å²) >= 11 is 0. The molecule has 0 spiro atoms. The second kappa shape index (κ2) is 10.2. The molecule has 3 aromatic heterocycles. The second-order valence-corrected chi connectivity index (χ2v) is 7.16. The molecular weight excluding hydrogens is 400 g/mol. The van der Waals surface area contributed by atoms with Gasteiger partial charge in [-0.05, 0) is 24.8 Å². The number of carboxylic acids is 2. The average Bonchev–Trinajstić information content (AvgIpc) is 3.52. The number of carbonyl (C=O) groups is 2. The molecule has 3 aromatic rings. The van der Waals surface area contributed by atoms with E-state index in [0.29, 0.717) is 24.5 Å². The van der Waals surface area contributed by atoms with E-state index in [1.807, 2.05) is 29.3 Å². The van der Waals surface area contributed by atoms with Crippen molar-refractivity contribution in [1.29, 1.82) is 5.26 Å². The Balaban J connectivity index is 0.000000293. The normalized spacial score (nSPS) is 14.8. The van der Waals surface area contributed by atoms with Crippen molar-refractivity contribution in [3.05, 3.63) is 43.1 Å². The average molecular weight is 422 g/mol. The van der Waals surface area contributed by atoms with Gasteiger partial charge in [0, 0.05) is 35.5 Å². The van der Waals surface area contributed by atoms with Crippen LogP contribution in [-0.4, -0.2) is 46.9 Å². The molecule has 31 heavy (non-hydrogen) atoms. The first-order valence-electron chi connectivity index (χ1n) is 9.83. The van der Waals surface area contributed by atoms with E-state index in [2.05, 4.69) is 26.1 Å². The molecule has 0 unspecified atom stereocenters. The van der Waals surface area contributed by atoms with Crippen molar-refractivity contribution in [2.45, 2.75) is 38.1 Å². The number of aromatic amines is 1. The highest BCUT2D eigenvalue weighted by molar-refractivity contribution is 5.90. The Morgan fingerprint density at radius 1 is 1.26 bits per heavy atom. The Bertz CT molecular complexity index is 1100. The first-order chi connectivity index (χ1) is 15.0. The maximum Gasteiger partial charge on any atom is 0.328 e. The summed E-state index contributed by atoms with van der Waals surface area (Å²) in [5.41, 5.74) is 2.68. The predicted molar refractivity (Wildman–Crippen MR) is 111 cm³/mol. The monoisotopic (exact) mass is 422 g/mol. The van der Waals surface area contributed by atoms with Crippen molar-refractivity contribution < 1.29 is 19.8 Å². The number of nitriles is 1. The molecule has 3 heterocycles. The summed E-state index contributed by atoms with van der Waals surface area (Å²) in [4.78, 5) is 30.9. The molecule has 160 valence electrons. The van der Waals surface area contributed by atoms with Gasteiger partial charge >= 0.3 is 11.9 Å². The van der Waals surface area contributed by atoms with Crippen molar-refractivity contribution in [1.82, 2.24) is 24.7 Å². The van der Waals surface area contributed by atoms with Crippen LogP contribution in [0.15, 0.2) is 43.1 Å². The van der Waals surface area contributed by atoms with E-state index in [-0.39, 0.29) is 6.04 Å². The van der Waals surface area contributed by atoms with Crippen LogP contribution in [-0.2, 0) is 9.59 Å². The number of hydrogen-bond donors (Lipinski definition) is 3. The number of aliphatic carboxylic acids is 2. The summed E-state index contributed by atoms with van der Waals surface area (Å²) in [7, 11) is 0. The molecule has 1 aliphatic carbocycles. The van der Waals surface area contributed by atoms with Crippen LogP contribution in [0, 0.1) is 17.2 Å². The van der Waals surface area contributed by atoms with Crippen molar-refractivity contribution in [2.75, 3.05) is 0 Å². The maximum atomic E-state index is 9.55. The van der Waals surface area contributed by atoms with Crippen LogP contribution in [0.2, 0.25) is 0 Å². The molecule has 1 aliphatic rings. The zero-order chi connectivity index (χ0) is 22.2. The molecular formula is C21H22N6O4. The van der Waals surface area contributed by atoms with Crippen LogP contribution in [0.1, 0.15) is 38.1 Å². The van der Waals surface area contributed by atoms with Gasteiger partial charge in [0.1, 0.15) is 12.0 Å². The van der Waals surface area contributed by atoms with Gasteiger partial charge < -0.3 is 15.2 Å². The summed E-state index contributed by atoms with van der Waals surface area (Å²) in [5, 5.41) is 30.3. The SMILES string of the molecule is N#CC[C@H](C1CCCC1)n1cc(-c2ncnc3[nH]ccc23)cn1.O=C(O)/C=C\C(=O)O. The Hall–Kier alpha value is -4.00. The van der Waals surface area contributed by atoms with Gasteiger partial charge in [0.2, 0.25) is 0 Å². The highest BCUT2D eigenvalue weighted by Crippen LogP contribution is 2.36. The van der Waals surface area contributed by atoms with E-state index in [9.17, 15) is 14.9 Å². The van der Waals surface area contributed by atoms with Gasteiger partial charge in [-0.3, -0.25) is 4.68 Å². The number of carboxylic acid groups (broad SMARTS) is 2. The lowest BCUT2D eigenvalue weighted by molar-refractivity contribution is -0.134. The molecule has 0 saturated heterocycles. The molecule has 4 rings (SSSR count). The topological polar surface area (TPSA) is 158 Å². The van der Waals surface area contributed by atoms with Gasteiger partial charge in [0.25, 0.3) is 0 Å². The van der Waals surface area contributed by atoms with Crippen LogP contribution in [0.5, 0.6) is 0 Å². The van der Waals surface area contributed by atoms with Gasteiger partial charge in [0.15, 0.2) is 0 Å². The number of H-pyrrole nitrogens is 1. The fourth-order valence-corrected chi connectivity index (χ4v) is 3.80. The lowest BCUT2D eigenvalue weighted by Gasteiger charge is -2.21. The highest BCUT2D eigenvalue weighted by Gasteiger charge is 2.27. The third-order valence-electron chi connectivity index (χ3n) is 5.18. The van der Waals surface area contributed by atoms with Crippen molar-refractivity contribution in [3.8, 4) is 17.3 Å². The molecule has 1 fully saturated rings. The second-order valence-electron chi connectivity index (χ2n) is 7.16. The van der Waals surface area contributed by atoms with E-state index in [1.54, 1.807) is 6.33 Å². The summed E-state index contributed by atoms with van der Waals surface area (Å²) in [6.45, 7) is 0. The smallest absolute Gasteiger partial charge is 0.328 e. The van der Waals surface area contributed by atoms with E-state index in [0.717, 1.165) is 22.3 Å². The third-order valence-corrected chi connectivity index (χ3v) is 5.18. The van der Waals surface area contributed by atoms with E-state index in [4.69, 9.17) is 10.2 Å². The molecule has 0 aliphatic heterocycles. The van der Waals surface area contributed by atoms with Gasteiger partial charge in [0.05, 0.1) is 30.4 Å². The van der Waals surface area contributed by atoms with Crippen LogP contribution < -0.4 is 0 Å². The van der Waals surface area contributed by atoms with Crippen LogP contribution in [0.25, 0.3) is 22.3 Å². The molecule has 0 radical (unpaired) electrons. The third kappa shape index (κ3) is 5.54. The van der Waals surface area contributed by atoms with E-state index in [1.165, 1.54) is 25.7 Å². The Morgan fingerprint density at radius 2 is 1.97 bits per heavy atom.